The molecule has 2 rings (SSSR count). The zero-order valence-corrected chi connectivity index (χ0v) is 14.1. The maximum absolute atomic E-state index is 11.8. The molecule has 1 aromatic rings. The van der Waals surface area contributed by atoms with E-state index in [1.165, 1.54) is 12.8 Å². The average molecular weight is 320 g/mol. The van der Waals surface area contributed by atoms with Gasteiger partial charge in [0.25, 0.3) is 0 Å². The molecule has 22 heavy (non-hydrogen) atoms. The number of hydrogen-bond donors (Lipinski definition) is 1. The molecule has 0 bridgehead atoms. The van der Waals surface area contributed by atoms with Crippen LogP contribution in [0.3, 0.4) is 0 Å². The van der Waals surface area contributed by atoms with Gasteiger partial charge in [-0.05, 0) is 12.0 Å². The third kappa shape index (κ3) is 5.37. The molecule has 0 spiro atoms. The predicted molar refractivity (Wildman–Crippen MR) is 92.1 cm³/mol. The van der Waals surface area contributed by atoms with Gasteiger partial charge in [0.1, 0.15) is 12.8 Å². The molecule has 1 unspecified atom stereocenters. The third-order valence-electron chi connectivity index (χ3n) is 3.58. The third-order valence-corrected chi connectivity index (χ3v) is 4.87. The molecule has 0 radical (unpaired) electrons. The Hall–Kier alpha value is -1.49. The summed E-state index contributed by atoms with van der Waals surface area (Å²) in [6.45, 7) is 4.69. The average Bonchev–Trinajstić information content (AvgIpc) is 3.00. The van der Waals surface area contributed by atoms with E-state index in [-0.39, 0.29) is 12.8 Å². The second-order valence-corrected chi connectivity index (χ2v) is 6.58. The van der Waals surface area contributed by atoms with Crippen molar-refractivity contribution in [3.05, 3.63) is 35.9 Å². The molecule has 5 heteroatoms. The van der Waals surface area contributed by atoms with E-state index in [2.05, 4.69) is 24.2 Å². The normalized spacial score (nSPS) is 18.6. The lowest BCUT2D eigenvalue weighted by molar-refractivity contribution is 0.137. The van der Waals surface area contributed by atoms with Crippen LogP contribution in [0, 0.1) is 5.92 Å². The predicted octanol–water partition coefficient (Wildman–Crippen LogP) is 4.21. The second-order valence-electron chi connectivity index (χ2n) is 5.54. The maximum atomic E-state index is 11.8. The van der Waals surface area contributed by atoms with Crippen LogP contribution in [-0.4, -0.2) is 23.1 Å². The van der Waals surface area contributed by atoms with Gasteiger partial charge in [-0.2, -0.15) is 0 Å². The van der Waals surface area contributed by atoms with Crippen LogP contribution >= 0.6 is 11.8 Å². The minimum Gasteiger partial charge on any atom is -0.445 e. The van der Waals surface area contributed by atoms with E-state index in [1.807, 2.05) is 30.3 Å². The highest BCUT2D eigenvalue weighted by Gasteiger charge is 2.23. The molecule has 4 nitrogen and oxygen atoms in total. The SMILES string of the molecule is CCCC[C@@H](C)C1=NC(NC(=O)OCc2ccccc2)CS1. The lowest BCUT2D eigenvalue weighted by Gasteiger charge is -2.10. The second kappa shape index (κ2) is 8.83. The van der Waals surface area contributed by atoms with Crippen molar-refractivity contribution in [1.29, 1.82) is 0 Å². The number of benzene rings is 1. The van der Waals surface area contributed by atoms with E-state index in [1.54, 1.807) is 11.8 Å². The summed E-state index contributed by atoms with van der Waals surface area (Å²) in [5.41, 5.74) is 0.982. The fraction of sp³-hybridized carbons (Fsp3) is 0.529. The Kier molecular flexibility index (Phi) is 6.77. The molecule has 2 atom stereocenters. The number of nitrogens with zero attached hydrogens (tertiary/aromatic N) is 1. The zero-order chi connectivity index (χ0) is 15.8. The summed E-state index contributed by atoms with van der Waals surface area (Å²) in [5.74, 6) is 1.28. The minimum atomic E-state index is -0.402. The molecule has 0 aliphatic carbocycles. The number of nitrogens with one attached hydrogen (secondary N) is 1. The first-order chi connectivity index (χ1) is 10.7. The van der Waals surface area contributed by atoms with Crippen molar-refractivity contribution in [2.45, 2.75) is 45.9 Å². The van der Waals surface area contributed by atoms with Crippen LogP contribution in [0.25, 0.3) is 0 Å². The van der Waals surface area contributed by atoms with Crippen molar-refractivity contribution in [2.24, 2.45) is 10.9 Å². The highest BCUT2D eigenvalue weighted by atomic mass is 32.2. The van der Waals surface area contributed by atoms with Crippen LogP contribution in [0.4, 0.5) is 4.79 Å². The Bertz CT molecular complexity index is 505. The van der Waals surface area contributed by atoms with Gasteiger partial charge in [0, 0.05) is 11.7 Å². The van der Waals surface area contributed by atoms with Crippen molar-refractivity contribution in [2.75, 3.05) is 5.75 Å². The molecular weight excluding hydrogens is 296 g/mol. The monoisotopic (exact) mass is 320 g/mol. The number of hydrogen-bond acceptors (Lipinski definition) is 4. The lowest BCUT2D eigenvalue weighted by atomic mass is 10.1. The number of rotatable bonds is 7. The van der Waals surface area contributed by atoms with Crippen LogP contribution in [-0.2, 0) is 11.3 Å². The Morgan fingerprint density at radius 1 is 1.45 bits per heavy atom. The number of thioether (sulfide) groups is 1. The highest BCUT2D eigenvalue weighted by Crippen LogP contribution is 2.25. The largest absolute Gasteiger partial charge is 0.445 e. The van der Waals surface area contributed by atoms with Crippen LogP contribution < -0.4 is 5.32 Å². The molecule has 0 fully saturated rings. The molecule has 1 heterocycles. The number of unbranched alkanes of at least 4 members (excludes halogenated alkanes) is 1. The summed E-state index contributed by atoms with van der Waals surface area (Å²) in [4.78, 5) is 16.4. The molecule has 1 amide bonds. The highest BCUT2D eigenvalue weighted by molar-refractivity contribution is 8.14. The van der Waals surface area contributed by atoms with Crippen molar-refractivity contribution in [3.63, 3.8) is 0 Å². The number of amides is 1. The fourth-order valence-corrected chi connectivity index (χ4v) is 3.36. The van der Waals surface area contributed by atoms with Gasteiger partial charge in [-0.1, -0.05) is 57.0 Å². The Labute approximate surface area is 136 Å². The number of carbonyl (C=O) groups excluding carboxylic acids is 1. The first-order valence-corrected chi connectivity index (χ1v) is 8.85. The van der Waals surface area contributed by atoms with Crippen molar-refractivity contribution >= 4 is 22.9 Å². The van der Waals surface area contributed by atoms with Gasteiger partial charge >= 0.3 is 6.09 Å². The van der Waals surface area contributed by atoms with Gasteiger partial charge in [-0.15, -0.1) is 11.8 Å². The summed E-state index contributed by atoms with van der Waals surface area (Å²) in [5, 5.41) is 3.98. The van der Waals surface area contributed by atoms with Gasteiger partial charge in [-0.25, -0.2) is 4.79 Å². The smallest absolute Gasteiger partial charge is 0.409 e. The number of alkyl carbamates (subject to hydrolysis) is 1. The summed E-state index contributed by atoms with van der Waals surface area (Å²) in [6, 6.07) is 9.67. The molecule has 1 aliphatic rings. The molecule has 0 saturated carbocycles. The number of carbonyl (C=O) groups is 1. The van der Waals surface area contributed by atoms with Crippen molar-refractivity contribution in [1.82, 2.24) is 5.32 Å². The van der Waals surface area contributed by atoms with Crippen LogP contribution in [0.5, 0.6) is 0 Å². The molecular formula is C17H24N2O2S. The molecule has 0 saturated heterocycles. The van der Waals surface area contributed by atoms with Gasteiger partial charge in [0.15, 0.2) is 0 Å². The summed E-state index contributed by atoms with van der Waals surface area (Å²) >= 11 is 1.75. The van der Waals surface area contributed by atoms with E-state index in [4.69, 9.17) is 4.74 Å². The van der Waals surface area contributed by atoms with Crippen LogP contribution in [0.1, 0.15) is 38.7 Å². The molecule has 0 aromatic heterocycles. The first-order valence-electron chi connectivity index (χ1n) is 7.86. The summed E-state index contributed by atoms with van der Waals surface area (Å²) < 4.78 is 5.22. The summed E-state index contributed by atoms with van der Waals surface area (Å²) in [7, 11) is 0. The van der Waals surface area contributed by atoms with Gasteiger partial charge in [-0.3, -0.25) is 10.3 Å². The van der Waals surface area contributed by atoms with Crippen molar-refractivity contribution in [3.8, 4) is 0 Å². The van der Waals surface area contributed by atoms with Gasteiger partial charge in [0.05, 0.1) is 5.04 Å². The molecule has 1 N–H and O–H groups in total. The van der Waals surface area contributed by atoms with Crippen LogP contribution in [0.15, 0.2) is 35.3 Å². The fourth-order valence-electron chi connectivity index (χ4n) is 2.27. The van der Waals surface area contributed by atoms with Crippen molar-refractivity contribution < 1.29 is 9.53 Å². The quantitative estimate of drug-likeness (QED) is 0.818. The molecule has 120 valence electrons. The minimum absolute atomic E-state index is 0.160. The summed E-state index contributed by atoms with van der Waals surface area (Å²) in [6.07, 6.45) is 3.02. The topological polar surface area (TPSA) is 50.7 Å². The Balaban J connectivity index is 1.74. The molecule has 1 aliphatic heterocycles. The lowest BCUT2D eigenvalue weighted by Crippen LogP contribution is -2.34. The van der Waals surface area contributed by atoms with E-state index >= 15 is 0 Å². The van der Waals surface area contributed by atoms with Gasteiger partial charge < -0.3 is 4.74 Å². The molecule has 1 aromatic carbocycles. The Morgan fingerprint density at radius 3 is 2.95 bits per heavy atom. The Morgan fingerprint density at radius 2 is 2.23 bits per heavy atom. The van der Waals surface area contributed by atoms with Crippen LogP contribution in [0.2, 0.25) is 0 Å². The van der Waals surface area contributed by atoms with Gasteiger partial charge in [0.2, 0.25) is 0 Å². The van der Waals surface area contributed by atoms with E-state index in [0.717, 1.165) is 22.8 Å². The van der Waals surface area contributed by atoms with E-state index in [9.17, 15) is 4.79 Å². The zero-order valence-electron chi connectivity index (χ0n) is 13.2. The van der Waals surface area contributed by atoms with E-state index in [0.29, 0.717) is 5.92 Å². The van der Waals surface area contributed by atoms with E-state index < -0.39 is 6.09 Å². The maximum Gasteiger partial charge on any atom is 0.409 e. The first kappa shape index (κ1) is 16.9. The number of ether oxygens (including phenoxy) is 1. The standard InChI is InChI=1S/C17H24N2O2S/c1-3-4-8-13(2)16-18-15(12-22-16)19-17(20)21-11-14-9-6-5-7-10-14/h5-7,9-10,13,15H,3-4,8,11-12H2,1-2H3,(H,19,20)/t13-,15?/m1/s1. The number of aliphatic imine (C=N–C) groups is 1.